The second-order valence-electron chi connectivity index (χ2n) is 7.77. The summed E-state index contributed by atoms with van der Waals surface area (Å²) in [5.41, 5.74) is 5.09. The minimum Gasteiger partial charge on any atom is -0.368 e. The van der Waals surface area contributed by atoms with Gasteiger partial charge < -0.3 is 16.0 Å². The molecule has 2 aliphatic rings. The SMILES string of the molecule is CC1CC(C)C(C)N(CCCC(C)(NC2CC2)C(N)=O)C1. The Balaban J connectivity index is 1.82. The van der Waals surface area contributed by atoms with E-state index in [1.54, 1.807) is 0 Å². The van der Waals surface area contributed by atoms with Crippen LogP contribution >= 0.6 is 0 Å². The molecule has 1 saturated carbocycles. The maximum absolute atomic E-state index is 11.8. The van der Waals surface area contributed by atoms with Gasteiger partial charge in [-0.2, -0.15) is 0 Å². The van der Waals surface area contributed by atoms with Gasteiger partial charge in [-0.25, -0.2) is 0 Å². The second kappa shape index (κ2) is 6.66. The maximum Gasteiger partial charge on any atom is 0.237 e. The fourth-order valence-electron chi connectivity index (χ4n) is 3.71. The van der Waals surface area contributed by atoms with Gasteiger partial charge in [-0.15, -0.1) is 0 Å². The molecule has 1 heterocycles. The van der Waals surface area contributed by atoms with Crippen molar-refractivity contribution >= 4 is 5.91 Å². The molecule has 0 radical (unpaired) electrons. The summed E-state index contributed by atoms with van der Waals surface area (Å²) in [5.74, 6) is 1.34. The molecule has 0 aromatic heterocycles. The number of primary amides is 1. The Morgan fingerprint density at radius 1 is 1.33 bits per heavy atom. The molecule has 122 valence electrons. The fraction of sp³-hybridized carbons (Fsp3) is 0.941. The van der Waals surface area contributed by atoms with E-state index in [1.807, 2.05) is 6.92 Å². The molecule has 1 aliphatic heterocycles. The zero-order chi connectivity index (χ0) is 15.6. The van der Waals surface area contributed by atoms with Crippen molar-refractivity contribution in [2.75, 3.05) is 13.1 Å². The summed E-state index contributed by atoms with van der Waals surface area (Å²) < 4.78 is 0. The van der Waals surface area contributed by atoms with Crippen molar-refractivity contribution in [3.05, 3.63) is 0 Å². The number of hydrogen-bond donors (Lipinski definition) is 2. The van der Waals surface area contributed by atoms with Gasteiger partial charge in [0.15, 0.2) is 0 Å². The molecule has 4 atom stereocenters. The lowest BCUT2D eigenvalue weighted by atomic mass is 9.85. The summed E-state index contributed by atoms with van der Waals surface area (Å²) in [7, 11) is 0. The first-order chi connectivity index (χ1) is 9.82. The van der Waals surface area contributed by atoms with Gasteiger partial charge in [0.1, 0.15) is 0 Å². The van der Waals surface area contributed by atoms with Crippen LogP contribution in [0.5, 0.6) is 0 Å². The lowest BCUT2D eigenvalue weighted by Crippen LogP contribution is -2.54. The molecule has 1 saturated heterocycles. The Bertz CT molecular complexity index is 369. The Hall–Kier alpha value is -0.610. The van der Waals surface area contributed by atoms with E-state index in [9.17, 15) is 4.79 Å². The van der Waals surface area contributed by atoms with Gasteiger partial charge in [-0.1, -0.05) is 13.8 Å². The summed E-state index contributed by atoms with van der Waals surface area (Å²) in [5, 5.41) is 3.44. The highest BCUT2D eigenvalue weighted by Gasteiger charge is 2.37. The van der Waals surface area contributed by atoms with Crippen LogP contribution in [-0.4, -0.2) is 41.5 Å². The second-order valence-corrected chi connectivity index (χ2v) is 7.77. The monoisotopic (exact) mass is 295 g/mol. The van der Waals surface area contributed by atoms with Gasteiger partial charge in [0.05, 0.1) is 5.54 Å². The van der Waals surface area contributed by atoms with E-state index in [1.165, 1.54) is 25.8 Å². The number of carbonyl (C=O) groups is 1. The molecule has 2 fully saturated rings. The summed E-state index contributed by atoms with van der Waals surface area (Å²) in [6, 6.07) is 1.16. The third-order valence-electron chi connectivity index (χ3n) is 5.49. The van der Waals surface area contributed by atoms with Gasteiger partial charge in [-0.05, 0) is 64.3 Å². The lowest BCUT2D eigenvalue weighted by molar-refractivity contribution is -0.124. The standard InChI is InChI=1S/C17H33N3O/c1-12-10-13(2)14(3)20(11-12)9-5-8-17(4,16(18)21)19-15-6-7-15/h12-15,19H,5-11H2,1-4H3,(H2,18,21). The van der Waals surface area contributed by atoms with E-state index in [-0.39, 0.29) is 5.91 Å². The minimum absolute atomic E-state index is 0.206. The zero-order valence-electron chi connectivity index (χ0n) is 14.2. The molecular formula is C17H33N3O. The Morgan fingerprint density at radius 3 is 2.57 bits per heavy atom. The fourth-order valence-corrected chi connectivity index (χ4v) is 3.71. The molecule has 1 amide bonds. The Morgan fingerprint density at radius 2 is 2.00 bits per heavy atom. The molecule has 3 N–H and O–H groups in total. The summed E-state index contributed by atoms with van der Waals surface area (Å²) in [6.07, 6.45) is 5.57. The number of carbonyl (C=O) groups excluding carboxylic acids is 1. The number of rotatable bonds is 7. The van der Waals surface area contributed by atoms with Crippen molar-refractivity contribution < 1.29 is 4.79 Å². The molecule has 0 aromatic rings. The van der Waals surface area contributed by atoms with Crippen molar-refractivity contribution in [1.29, 1.82) is 0 Å². The van der Waals surface area contributed by atoms with E-state index in [0.717, 1.165) is 31.2 Å². The van der Waals surface area contributed by atoms with Crippen LogP contribution < -0.4 is 11.1 Å². The minimum atomic E-state index is -0.530. The highest BCUT2D eigenvalue weighted by atomic mass is 16.1. The number of hydrogen-bond acceptors (Lipinski definition) is 3. The van der Waals surface area contributed by atoms with Crippen LogP contribution in [0.4, 0.5) is 0 Å². The van der Waals surface area contributed by atoms with Crippen LogP contribution in [0.15, 0.2) is 0 Å². The van der Waals surface area contributed by atoms with E-state index >= 15 is 0 Å². The number of nitrogens with one attached hydrogen (secondary N) is 1. The van der Waals surface area contributed by atoms with Crippen LogP contribution in [0, 0.1) is 11.8 Å². The summed E-state index contributed by atoms with van der Waals surface area (Å²) in [6.45, 7) is 11.3. The topological polar surface area (TPSA) is 58.4 Å². The highest BCUT2D eigenvalue weighted by molar-refractivity contribution is 5.84. The third-order valence-corrected chi connectivity index (χ3v) is 5.49. The average Bonchev–Trinajstić information content (AvgIpc) is 3.18. The van der Waals surface area contributed by atoms with E-state index < -0.39 is 5.54 Å². The van der Waals surface area contributed by atoms with Crippen molar-refractivity contribution in [2.24, 2.45) is 17.6 Å². The largest absolute Gasteiger partial charge is 0.368 e. The molecule has 0 aromatic carbocycles. The lowest BCUT2D eigenvalue weighted by Gasteiger charge is -2.41. The number of piperidine rings is 1. The first kappa shape index (κ1) is 16.8. The molecule has 4 unspecified atom stereocenters. The Labute approximate surface area is 129 Å². The van der Waals surface area contributed by atoms with Gasteiger partial charge in [-0.3, -0.25) is 4.79 Å². The molecule has 4 nitrogen and oxygen atoms in total. The Kier molecular flexibility index (Phi) is 5.31. The van der Waals surface area contributed by atoms with Crippen molar-refractivity contribution in [3.63, 3.8) is 0 Å². The van der Waals surface area contributed by atoms with Gasteiger partial charge in [0, 0.05) is 18.6 Å². The van der Waals surface area contributed by atoms with Gasteiger partial charge in [0.2, 0.25) is 5.91 Å². The predicted molar refractivity (Wildman–Crippen MR) is 87.0 cm³/mol. The van der Waals surface area contributed by atoms with E-state index in [0.29, 0.717) is 12.1 Å². The number of nitrogens with two attached hydrogens (primary N) is 1. The molecular weight excluding hydrogens is 262 g/mol. The van der Waals surface area contributed by atoms with Gasteiger partial charge in [0.25, 0.3) is 0 Å². The molecule has 2 rings (SSSR count). The molecule has 0 bridgehead atoms. The van der Waals surface area contributed by atoms with Crippen LogP contribution in [0.1, 0.15) is 59.8 Å². The first-order valence-electron chi connectivity index (χ1n) is 8.63. The third kappa shape index (κ3) is 4.43. The average molecular weight is 295 g/mol. The highest BCUT2D eigenvalue weighted by Crippen LogP contribution is 2.28. The maximum atomic E-state index is 11.8. The number of likely N-dealkylation sites (tertiary alicyclic amines) is 1. The molecule has 21 heavy (non-hydrogen) atoms. The number of amides is 1. The van der Waals surface area contributed by atoms with Crippen LogP contribution in [-0.2, 0) is 4.79 Å². The van der Waals surface area contributed by atoms with Crippen LogP contribution in [0.3, 0.4) is 0 Å². The zero-order valence-corrected chi connectivity index (χ0v) is 14.2. The summed E-state index contributed by atoms with van der Waals surface area (Å²) >= 11 is 0. The first-order valence-corrected chi connectivity index (χ1v) is 8.63. The molecule has 0 spiro atoms. The predicted octanol–water partition coefficient (Wildman–Crippen LogP) is 2.13. The van der Waals surface area contributed by atoms with Crippen LogP contribution in [0.2, 0.25) is 0 Å². The normalized spacial score (nSPS) is 33.6. The van der Waals surface area contributed by atoms with Gasteiger partial charge >= 0.3 is 0 Å². The summed E-state index contributed by atoms with van der Waals surface area (Å²) in [4.78, 5) is 14.4. The molecule has 1 aliphatic carbocycles. The smallest absolute Gasteiger partial charge is 0.237 e. The van der Waals surface area contributed by atoms with Crippen LogP contribution in [0.25, 0.3) is 0 Å². The van der Waals surface area contributed by atoms with Crippen molar-refractivity contribution in [3.8, 4) is 0 Å². The van der Waals surface area contributed by atoms with E-state index in [2.05, 4.69) is 31.0 Å². The quantitative estimate of drug-likeness (QED) is 0.756. The van der Waals surface area contributed by atoms with Crippen molar-refractivity contribution in [1.82, 2.24) is 10.2 Å². The molecule has 4 heteroatoms. The van der Waals surface area contributed by atoms with Crippen molar-refractivity contribution in [2.45, 2.75) is 77.4 Å². The number of nitrogens with zero attached hydrogens (tertiary/aromatic N) is 1. The van der Waals surface area contributed by atoms with E-state index in [4.69, 9.17) is 5.73 Å².